The Kier molecular flexibility index (Phi) is 5.95. The lowest BCUT2D eigenvalue weighted by molar-refractivity contribution is -0.124. The van der Waals surface area contributed by atoms with Gasteiger partial charge in [-0.2, -0.15) is 0 Å². The first-order valence-corrected chi connectivity index (χ1v) is 7.47. The predicted octanol–water partition coefficient (Wildman–Crippen LogP) is 0.599. The number of carboxylic acids is 1. The van der Waals surface area contributed by atoms with Gasteiger partial charge in [-0.1, -0.05) is 0 Å². The van der Waals surface area contributed by atoms with E-state index in [2.05, 4.69) is 5.32 Å². The number of rotatable bonds is 6. The fourth-order valence-electron chi connectivity index (χ4n) is 2.38. The van der Waals surface area contributed by atoms with Gasteiger partial charge in [-0.25, -0.2) is 4.79 Å². The third-order valence-electron chi connectivity index (χ3n) is 3.50. The summed E-state index contributed by atoms with van der Waals surface area (Å²) in [5, 5.41) is 11.9. The number of ether oxygens (including phenoxy) is 2. The molecule has 7 nitrogen and oxygen atoms in total. The number of nitrogens with zero attached hydrogens (tertiary/aromatic N) is 1. The van der Waals surface area contributed by atoms with Crippen LogP contribution in [0.4, 0.5) is 0 Å². The van der Waals surface area contributed by atoms with Crippen molar-refractivity contribution in [3.05, 3.63) is 29.8 Å². The Balaban J connectivity index is 1.97. The zero-order chi connectivity index (χ0) is 16.8. The molecule has 0 radical (unpaired) electrons. The van der Waals surface area contributed by atoms with Gasteiger partial charge >= 0.3 is 5.97 Å². The van der Waals surface area contributed by atoms with E-state index >= 15 is 0 Å². The van der Waals surface area contributed by atoms with Crippen LogP contribution in [-0.2, 0) is 9.53 Å². The third-order valence-corrected chi connectivity index (χ3v) is 3.50. The summed E-state index contributed by atoms with van der Waals surface area (Å²) in [4.78, 5) is 24.6. The van der Waals surface area contributed by atoms with Crippen molar-refractivity contribution >= 4 is 11.9 Å². The number of carbonyl (C=O) groups excluding carboxylic acids is 1. The van der Waals surface area contributed by atoms with Crippen molar-refractivity contribution in [2.45, 2.75) is 18.6 Å². The number of hydrogen-bond acceptors (Lipinski definition) is 5. The lowest BCUT2D eigenvalue weighted by atomic mass is 10.1. The Hall–Kier alpha value is -2.12. The van der Waals surface area contributed by atoms with E-state index in [1.807, 2.05) is 14.1 Å². The van der Waals surface area contributed by atoms with Gasteiger partial charge in [0.15, 0.2) is 0 Å². The molecule has 0 unspecified atom stereocenters. The summed E-state index contributed by atoms with van der Waals surface area (Å²) in [6.07, 6.45) is 0.377. The number of hydrogen-bond donors (Lipinski definition) is 2. The molecule has 7 heteroatoms. The molecule has 2 rings (SSSR count). The van der Waals surface area contributed by atoms with E-state index in [-0.39, 0.29) is 23.6 Å². The molecule has 126 valence electrons. The molecule has 0 bridgehead atoms. The minimum atomic E-state index is -0.980. The van der Waals surface area contributed by atoms with Crippen LogP contribution < -0.4 is 10.1 Å². The van der Waals surface area contributed by atoms with Crippen LogP contribution in [0, 0.1) is 0 Å². The van der Waals surface area contributed by atoms with E-state index in [1.54, 1.807) is 17.0 Å². The summed E-state index contributed by atoms with van der Waals surface area (Å²) in [5.41, 5.74) is 0.202. The van der Waals surface area contributed by atoms with Gasteiger partial charge in [0, 0.05) is 6.61 Å². The number of aromatic carboxylic acids is 1. The highest BCUT2D eigenvalue weighted by Gasteiger charge is 2.29. The van der Waals surface area contributed by atoms with Crippen LogP contribution in [0.2, 0.25) is 0 Å². The van der Waals surface area contributed by atoms with Crippen LogP contribution in [0.15, 0.2) is 24.3 Å². The van der Waals surface area contributed by atoms with Crippen molar-refractivity contribution in [3.8, 4) is 5.75 Å². The number of likely N-dealkylation sites (N-methyl/N-ethyl adjacent to an activating group) is 1. The van der Waals surface area contributed by atoms with Crippen LogP contribution >= 0.6 is 0 Å². The van der Waals surface area contributed by atoms with Crippen molar-refractivity contribution in [1.29, 1.82) is 0 Å². The van der Waals surface area contributed by atoms with Crippen LogP contribution in [-0.4, -0.2) is 67.9 Å². The molecule has 23 heavy (non-hydrogen) atoms. The smallest absolute Gasteiger partial charge is 0.335 e. The normalized spacial score (nSPS) is 21.0. The molecule has 1 aromatic rings. The fraction of sp³-hybridized carbons (Fsp3) is 0.500. The average molecular weight is 322 g/mol. The lowest BCUT2D eigenvalue weighted by Gasteiger charge is -2.32. The molecular formula is C16H22N2O5. The monoisotopic (exact) mass is 322 g/mol. The minimum absolute atomic E-state index is 0.0586. The first kappa shape index (κ1) is 17.2. The van der Waals surface area contributed by atoms with Gasteiger partial charge in [0.05, 0.1) is 24.8 Å². The fourth-order valence-corrected chi connectivity index (χ4v) is 2.38. The zero-order valence-electron chi connectivity index (χ0n) is 13.3. The highest BCUT2D eigenvalue weighted by Crippen LogP contribution is 2.18. The Morgan fingerprint density at radius 1 is 1.35 bits per heavy atom. The molecule has 0 saturated carbocycles. The lowest BCUT2D eigenvalue weighted by Crippen LogP contribution is -2.52. The first-order chi connectivity index (χ1) is 11.0. The first-order valence-electron chi connectivity index (χ1n) is 7.47. The van der Waals surface area contributed by atoms with Crippen LogP contribution in [0.1, 0.15) is 16.8 Å². The van der Waals surface area contributed by atoms with Crippen molar-refractivity contribution < 1.29 is 24.2 Å². The molecule has 0 aliphatic carbocycles. The molecule has 2 atom stereocenters. The van der Waals surface area contributed by atoms with Gasteiger partial charge in [0.2, 0.25) is 5.91 Å². The molecule has 1 heterocycles. The molecule has 1 amide bonds. The second-order valence-corrected chi connectivity index (χ2v) is 5.76. The molecule has 1 aromatic carbocycles. The molecule has 1 fully saturated rings. The summed E-state index contributed by atoms with van der Waals surface area (Å²) in [7, 11) is 3.67. The summed E-state index contributed by atoms with van der Waals surface area (Å²) in [6.45, 7) is 1.27. The number of nitrogens with one attached hydrogen (secondary N) is 1. The van der Waals surface area contributed by atoms with Gasteiger partial charge in [0.1, 0.15) is 11.9 Å². The van der Waals surface area contributed by atoms with Crippen LogP contribution in [0.25, 0.3) is 0 Å². The highest BCUT2D eigenvalue weighted by atomic mass is 16.5. The minimum Gasteiger partial charge on any atom is -0.486 e. The highest BCUT2D eigenvalue weighted by molar-refractivity contribution is 5.87. The molecule has 0 spiro atoms. The van der Waals surface area contributed by atoms with Gasteiger partial charge in [-0.15, -0.1) is 0 Å². The zero-order valence-corrected chi connectivity index (χ0v) is 13.3. The number of carboxylic acid groups (broad SMARTS) is 1. The van der Waals surface area contributed by atoms with E-state index in [0.717, 1.165) is 0 Å². The summed E-state index contributed by atoms with van der Waals surface area (Å²) >= 11 is 0. The summed E-state index contributed by atoms with van der Waals surface area (Å²) in [5.74, 6) is -0.486. The molecular weight excluding hydrogens is 300 g/mol. The maximum atomic E-state index is 11.9. The van der Waals surface area contributed by atoms with E-state index in [0.29, 0.717) is 31.9 Å². The molecule has 1 saturated heterocycles. The van der Waals surface area contributed by atoms with Gasteiger partial charge < -0.3 is 24.8 Å². The summed E-state index contributed by atoms with van der Waals surface area (Å²) in [6, 6.07) is 6.06. The Morgan fingerprint density at radius 3 is 2.65 bits per heavy atom. The van der Waals surface area contributed by atoms with Crippen LogP contribution in [0.5, 0.6) is 5.75 Å². The third kappa shape index (κ3) is 5.22. The average Bonchev–Trinajstić information content (AvgIpc) is 2.49. The molecule has 2 N–H and O–H groups in total. The number of benzene rings is 1. The molecule has 1 aliphatic heterocycles. The maximum absolute atomic E-state index is 11.9. The van der Waals surface area contributed by atoms with Crippen molar-refractivity contribution in [2.24, 2.45) is 0 Å². The van der Waals surface area contributed by atoms with Crippen molar-refractivity contribution in [3.63, 3.8) is 0 Å². The largest absolute Gasteiger partial charge is 0.486 e. The number of carbonyl (C=O) groups is 2. The van der Waals surface area contributed by atoms with Crippen LogP contribution in [0.3, 0.4) is 0 Å². The Morgan fingerprint density at radius 2 is 2.04 bits per heavy atom. The van der Waals surface area contributed by atoms with E-state index in [1.165, 1.54) is 12.1 Å². The second-order valence-electron chi connectivity index (χ2n) is 5.76. The van der Waals surface area contributed by atoms with Gasteiger partial charge in [-0.3, -0.25) is 4.79 Å². The Bertz CT molecular complexity index is 544. The predicted molar refractivity (Wildman–Crippen MR) is 83.7 cm³/mol. The molecule has 1 aliphatic rings. The maximum Gasteiger partial charge on any atom is 0.335 e. The standard InChI is InChI=1S/C16H22N2O5/c1-18(2)9-15(19)17-13-7-8-22-10-14(13)23-12-5-3-11(4-6-12)16(20)21/h3-6,13-14H,7-10H2,1-2H3,(H,17,19)(H,20,21)/t13-,14-/m1/s1. The van der Waals surface area contributed by atoms with E-state index in [4.69, 9.17) is 14.6 Å². The molecule has 0 aromatic heterocycles. The SMILES string of the molecule is CN(C)CC(=O)N[C@@H]1CCOC[C@H]1Oc1ccc(C(=O)O)cc1. The Labute approximate surface area is 135 Å². The topological polar surface area (TPSA) is 88.1 Å². The quantitative estimate of drug-likeness (QED) is 0.797. The van der Waals surface area contributed by atoms with Crippen molar-refractivity contribution in [2.75, 3.05) is 33.9 Å². The van der Waals surface area contributed by atoms with Gasteiger partial charge in [0.25, 0.3) is 0 Å². The van der Waals surface area contributed by atoms with Crippen molar-refractivity contribution in [1.82, 2.24) is 10.2 Å². The van der Waals surface area contributed by atoms with Gasteiger partial charge in [-0.05, 0) is 44.8 Å². The van der Waals surface area contributed by atoms with E-state index in [9.17, 15) is 9.59 Å². The second kappa shape index (κ2) is 7.94. The van der Waals surface area contributed by atoms with E-state index < -0.39 is 5.97 Å². The number of amides is 1. The summed E-state index contributed by atoms with van der Waals surface area (Å²) < 4.78 is 11.3.